The van der Waals surface area contributed by atoms with E-state index in [1.54, 1.807) is 19.1 Å². The molecule has 1 N–H and O–H groups in total. The van der Waals surface area contributed by atoms with Crippen molar-refractivity contribution in [2.45, 2.75) is 38.8 Å². The third kappa shape index (κ3) is 4.15. The quantitative estimate of drug-likeness (QED) is 0.334. The highest BCUT2D eigenvalue weighted by atomic mass is 32.1. The molecule has 150 valence electrons. The number of carbonyl (C=O) groups excluding carboxylic acids is 1. The predicted molar refractivity (Wildman–Crippen MR) is 107 cm³/mol. The van der Waals surface area contributed by atoms with Gasteiger partial charge in [-0.15, -0.1) is 0 Å². The number of esters is 1. The molecule has 0 aliphatic carbocycles. The van der Waals surface area contributed by atoms with Crippen LogP contribution >= 0.6 is 12.2 Å². The predicted octanol–water partition coefficient (Wildman–Crippen LogP) is 2.84. The van der Waals surface area contributed by atoms with E-state index < -0.39 is 16.9 Å². The second-order valence-corrected chi connectivity index (χ2v) is 7.09. The molecule has 1 fully saturated rings. The lowest BCUT2D eigenvalue weighted by molar-refractivity contribution is -0.384. The smallest absolute Gasteiger partial charge is 0.338 e. The Kier molecular flexibility index (Phi) is 6.25. The van der Waals surface area contributed by atoms with E-state index in [9.17, 15) is 14.9 Å². The molecule has 0 bridgehead atoms. The molecule has 28 heavy (non-hydrogen) atoms. The second kappa shape index (κ2) is 8.66. The number of ether oxygens (including phenoxy) is 2. The normalized spacial score (nSPS) is 22.2. The van der Waals surface area contributed by atoms with Gasteiger partial charge in [0.1, 0.15) is 0 Å². The van der Waals surface area contributed by atoms with Crippen LogP contribution in [0.4, 0.5) is 5.69 Å². The minimum Gasteiger partial charge on any atom is -0.463 e. The summed E-state index contributed by atoms with van der Waals surface area (Å²) in [6.07, 6.45) is 1.99. The summed E-state index contributed by atoms with van der Waals surface area (Å²) in [4.78, 5) is 25.3. The molecule has 0 aromatic heterocycles. The Labute approximate surface area is 168 Å². The van der Waals surface area contributed by atoms with Gasteiger partial charge in [-0.1, -0.05) is 12.1 Å². The SMILES string of the molecule is CCOC(=O)C1=C(C)N(C[C@@H]2CCCO2)C(=S)N[C@@H]1c1cccc([N+](=O)[O-])c1. The first-order valence-corrected chi connectivity index (χ1v) is 9.65. The Hall–Kier alpha value is -2.52. The van der Waals surface area contributed by atoms with Gasteiger partial charge in [-0.3, -0.25) is 10.1 Å². The summed E-state index contributed by atoms with van der Waals surface area (Å²) in [5, 5.41) is 14.8. The number of allylic oxidation sites excluding steroid dienone is 1. The number of hydrogen-bond donors (Lipinski definition) is 1. The van der Waals surface area contributed by atoms with Gasteiger partial charge in [0.25, 0.3) is 5.69 Å². The lowest BCUT2D eigenvalue weighted by Gasteiger charge is -2.38. The van der Waals surface area contributed by atoms with E-state index in [2.05, 4.69) is 5.32 Å². The van der Waals surface area contributed by atoms with Crippen LogP contribution in [0.25, 0.3) is 0 Å². The van der Waals surface area contributed by atoms with Gasteiger partial charge in [-0.2, -0.15) is 0 Å². The molecule has 2 aliphatic rings. The zero-order valence-corrected chi connectivity index (χ0v) is 16.7. The Bertz CT molecular complexity index is 820. The highest BCUT2D eigenvalue weighted by Gasteiger charge is 2.36. The first kappa shape index (κ1) is 20.2. The standard InChI is InChI=1S/C19H23N3O5S/c1-3-26-18(23)16-12(2)21(11-15-8-5-9-27-15)19(28)20-17(16)13-6-4-7-14(10-13)22(24)25/h4,6-7,10,15,17H,3,5,8-9,11H2,1-2H3,(H,20,28)/t15-,17+/m0/s1. The summed E-state index contributed by atoms with van der Waals surface area (Å²) in [5.74, 6) is -0.469. The molecule has 1 aromatic rings. The number of thiocarbonyl (C=S) groups is 1. The molecule has 0 saturated carbocycles. The molecule has 2 atom stereocenters. The number of nitrogens with zero attached hydrogens (tertiary/aromatic N) is 2. The summed E-state index contributed by atoms with van der Waals surface area (Å²) in [6, 6.07) is 5.56. The zero-order valence-electron chi connectivity index (χ0n) is 15.8. The van der Waals surface area contributed by atoms with Crippen molar-refractivity contribution in [1.29, 1.82) is 0 Å². The number of nitro benzene ring substituents is 1. The molecule has 0 radical (unpaired) electrons. The second-order valence-electron chi connectivity index (χ2n) is 6.70. The van der Waals surface area contributed by atoms with E-state index in [0.29, 0.717) is 28.5 Å². The van der Waals surface area contributed by atoms with Crippen LogP contribution in [0.3, 0.4) is 0 Å². The van der Waals surface area contributed by atoms with Crippen molar-refractivity contribution in [2.24, 2.45) is 0 Å². The van der Waals surface area contributed by atoms with Gasteiger partial charge in [0, 0.05) is 24.4 Å². The van der Waals surface area contributed by atoms with Crippen LogP contribution in [0.2, 0.25) is 0 Å². The van der Waals surface area contributed by atoms with Crippen molar-refractivity contribution < 1.29 is 19.2 Å². The highest BCUT2D eigenvalue weighted by Crippen LogP contribution is 2.33. The van der Waals surface area contributed by atoms with Gasteiger partial charge in [0.15, 0.2) is 5.11 Å². The van der Waals surface area contributed by atoms with Crippen LogP contribution < -0.4 is 5.32 Å². The molecule has 8 nitrogen and oxygen atoms in total. The molecule has 3 rings (SSSR count). The van der Waals surface area contributed by atoms with Crippen molar-refractivity contribution in [3.8, 4) is 0 Å². The Morgan fingerprint density at radius 1 is 1.50 bits per heavy atom. The topological polar surface area (TPSA) is 93.9 Å². The van der Waals surface area contributed by atoms with Gasteiger partial charge in [0.05, 0.1) is 35.8 Å². The van der Waals surface area contributed by atoms with Crippen molar-refractivity contribution in [1.82, 2.24) is 10.2 Å². The molecule has 0 spiro atoms. The van der Waals surface area contributed by atoms with E-state index >= 15 is 0 Å². The Morgan fingerprint density at radius 2 is 2.29 bits per heavy atom. The Morgan fingerprint density at radius 3 is 2.93 bits per heavy atom. The number of nitrogens with one attached hydrogen (secondary N) is 1. The maximum atomic E-state index is 12.7. The van der Waals surface area contributed by atoms with E-state index in [1.165, 1.54) is 12.1 Å². The zero-order chi connectivity index (χ0) is 20.3. The molecule has 0 amide bonds. The van der Waals surface area contributed by atoms with Gasteiger partial charge < -0.3 is 19.7 Å². The number of carbonyl (C=O) groups is 1. The average Bonchev–Trinajstić information content (AvgIpc) is 3.18. The number of nitro groups is 1. The van der Waals surface area contributed by atoms with Gasteiger partial charge >= 0.3 is 5.97 Å². The fraction of sp³-hybridized carbons (Fsp3) is 0.474. The summed E-state index contributed by atoms with van der Waals surface area (Å²) in [6.45, 7) is 5.05. The van der Waals surface area contributed by atoms with E-state index in [0.717, 1.165) is 19.4 Å². The molecule has 2 aliphatic heterocycles. The fourth-order valence-corrected chi connectivity index (χ4v) is 3.86. The number of non-ortho nitro benzene ring substituents is 1. The third-order valence-corrected chi connectivity index (χ3v) is 5.25. The maximum Gasteiger partial charge on any atom is 0.338 e. The van der Waals surface area contributed by atoms with Crippen molar-refractivity contribution in [2.75, 3.05) is 19.8 Å². The lowest BCUT2D eigenvalue weighted by Crippen LogP contribution is -2.50. The average molecular weight is 405 g/mol. The summed E-state index contributed by atoms with van der Waals surface area (Å²) in [7, 11) is 0. The first-order valence-electron chi connectivity index (χ1n) is 9.24. The molecular weight excluding hydrogens is 382 g/mol. The maximum absolute atomic E-state index is 12.7. The van der Waals surface area contributed by atoms with E-state index in [-0.39, 0.29) is 18.4 Å². The van der Waals surface area contributed by atoms with Crippen LogP contribution in [-0.2, 0) is 14.3 Å². The molecule has 0 unspecified atom stereocenters. The Balaban J connectivity index is 2.00. The highest BCUT2D eigenvalue weighted by molar-refractivity contribution is 7.80. The van der Waals surface area contributed by atoms with Crippen LogP contribution in [0.5, 0.6) is 0 Å². The lowest BCUT2D eigenvalue weighted by atomic mass is 9.94. The van der Waals surface area contributed by atoms with Gasteiger partial charge in [0.2, 0.25) is 0 Å². The van der Waals surface area contributed by atoms with Gasteiger partial charge in [-0.25, -0.2) is 4.79 Å². The van der Waals surface area contributed by atoms with Crippen LogP contribution in [-0.4, -0.2) is 46.8 Å². The number of benzene rings is 1. The molecular formula is C19H23N3O5S. The number of rotatable bonds is 6. The van der Waals surface area contributed by atoms with Crippen molar-refractivity contribution in [3.05, 3.63) is 51.2 Å². The third-order valence-electron chi connectivity index (χ3n) is 4.92. The van der Waals surface area contributed by atoms with E-state index in [1.807, 2.05) is 11.8 Å². The largest absolute Gasteiger partial charge is 0.463 e. The number of hydrogen-bond acceptors (Lipinski definition) is 6. The van der Waals surface area contributed by atoms with Crippen LogP contribution in [0, 0.1) is 10.1 Å². The van der Waals surface area contributed by atoms with Crippen LogP contribution in [0.15, 0.2) is 35.5 Å². The minimum atomic E-state index is -0.618. The van der Waals surface area contributed by atoms with Crippen molar-refractivity contribution in [3.63, 3.8) is 0 Å². The summed E-state index contributed by atoms with van der Waals surface area (Å²) >= 11 is 5.54. The van der Waals surface area contributed by atoms with Crippen molar-refractivity contribution >= 4 is 29.0 Å². The van der Waals surface area contributed by atoms with Crippen LogP contribution in [0.1, 0.15) is 38.3 Å². The monoisotopic (exact) mass is 405 g/mol. The molecule has 1 saturated heterocycles. The molecule has 1 aromatic carbocycles. The fourth-order valence-electron chi connectivity index (χ4n) is 3.53. The molecule has 9 heteroatoms. The summed E-state index contributed by atoms with van der Waals surface area (Å²) in [5.41, 5.74) is 1.60. The molecule has 2 heterocycles. The minimum absolute atomic E-state index is 0.0483. The van der Waals surface area contributed by atoms with Gasteiger partial charge in [-0.05, 0) is 44.5 Å². The van der Waals surface area contributed by atoms with E-state index in [4.69, 9.17) is 21.7 Å². The summed E-state index contributed by atoms with van der Waals surface area (Å²) < 4.78 is 11.0. The first-order chi connectivity index (χ1) is 13.4.